The Bertz CT molecular complexity index is 504. The standard InChI is InChI=1S/C13H13Cl3O3/c1-7(10-6-17-13(2,3)19-18-10)8-4-5-9(14)12(16)11(8)15/h4-5,10H,1,6H2,2-3H3. The summed E-state index contributed by atoms with van der Waals surface area (Å²) in [7, 11) is 0. The van der Waals surface area contributed by atoms with Gasteiger partial charge in [-0.25, -0.2) is 9.78 Å². The van der Waals surface area contributed by atoms with E-state index in [0.717, 1.165) is 0 Å². The molecule has 0 aliphatic carbocycles. The van der Waals surface area contributed by atoms with E-state index >= 15 is 0 Å². The summed E-state index contributed by atoms with van der Waals surface area (Å²) in [5.74, 6) is -0.766. The van der Waals surface area contributed by atoms with E-state index in [1.807, 2.05) is 0 Å². The summed E-state index contributed by atoms with van der Waals surface area (Å²) < 4.78 is 5.50. The van der Waals surface area contributed by atoms with Crippen molar-refractivity contribution < 1.29 is 14.5 Å². The van der Waals surface area contributed by atoms with Crippen LogP contribution < -0.4 is 0 Å². The molecule has 1 saturated heterocycles. The van der Waals surface area contributed by atoms with Gasteiger partial charge in [-0.1, -0.05) is 47.4 Å². The van der Waals surface area contributed by atoms with Crippen LogP contribution in [0.4, 0.5) is 0 Å². The van der Waals surface area contributed by atoms with Gasteiger partial charge in [-0.2, -0.15) is 0 Å². The van der Waals surface area contributed by atoms with Gasteiger partial charge in [-0.05, 0) is 25.5 Å². The van der Waals surface area contributed by atoms with Crippen molar-refractivity contribution in [1.29, 1.82) is 0 Å². The minimum atomic E-state index is -0.766. The second-order valence-corrected chi connectivity index (χ2v) is 5.79. The molecule has 1 aromatic carbocycles. The molecular formula is C13H13Cl3O3. The Labute approximate surface area is 126 Å². The summed E-state index contributed by atoms with van der Waals surface area (Å²) in [4.78, 5) is 10.4. The van der Waals surface area contributed by atoms with Crippen molar-refractivity contribution in [3.8, 4) is 0 Å². The molecule has 0 saturated carbocycles. The average Bonchev–Trinajstić information content (AvgIpc) is 2.35. The van der Waals surface area contributed by atoms with Crippen LogP contribution >= 0.6 is 34.8 Å². The van der Waals surface area contributed by atoms with E-state index in [9.17, 15) is 0 Å². The molecule has 6 heteroatoms. The third kappa shape index (κ3) is 3.24. The van der Waals surface area contributed by atoms with Crippen LogP contribution in [0.5, 0.6) is 0 Å². The summed E-state index contributed by atoms with van der Waals surface area (Å²) in [6.07, 6.45) is -0.442. The van der Waals surface area contributed by atoms with Crippen LogP contribution in [0.15, 0.2) is 18.7 Å². The lowest BCUT2D eigenvalue weighted by Crippen LogP contribution is -2.40. The van der Waals surface area contributed by atoms with Crippen molar-refractivity contribution >= 4 is 40.4 Å². The smallest absolute Gasteiger partial charge is 0.196 e. The van der Waals surface area contributed by atoms with Crippen molar-refractivity contribution in [1.82, 2.24) is 0 Å². The van der Waals surface area contributed by atoms with Crippen LogP contribution in [0.1, 0.15) is 19.4 Å². The van der Waals surface area contributed by atoms with E-state index in [1.54, 1.807) is 26.0 Å². The molecule has 3 nitrogen and oxygen atoms in total. The molecule has 104 valence electrons. The Morgan fingerprint density at radius 1 is 1.26 bits per heavy atom. The molecule has 1 heterocycles. The van der Waals surface area contributed by atoms with Gasteiger partial charge in [0.1, 0.15) is 6.10 Å². The highest BCUT2D eigenvalue weighted by molar-refractivity contribution is 6.48. The highest BCUT2D eigenvalue weighted by Crippen LogP contribution is 2.37. The van der Waals surface area contributed by atoms with Gasteiger partial charge in [-0.15, -0.1) is 0 Å². The molecule has 0 amide bonds. The summed E-state index contributed by atoms with van der Waals surface area (Å²) in [5, 5.41) is 1.02. The number of hydrogen-bond acceptors (Lipinski definition) is 3. The lowest BCUT2D eigenvalue weighted by atomic mass is 10.0. The van der Waals surface area contributed by atoms with Gasteiger partial charge in [-0.3, -0.25) is 0 Å². The number of benzene rings is 1. The Hall–Kier alpha value is -0.290. The zero-order valence-electron chi connectivity index (χ0n) is 10.5. The third-order valence-corrected chi connectivity index (χ3v) is 4.01. The molecule has 0 N–H and O–H groups in total. The van der Waals surface area contributed by atoms with Crippen LogP contribution in [0.25, 0.3) is 5.57 Å². The molecule has 2 rings (SSSR count). The maximum atomic E-state index is 6.15. The number of rotatable bonds is 2. The van der Waals surface area contributed by atoms with Gasteiger partial charge < -0.3 is 4.74 Å². The van der Waals surface area contributed by atoms with E-state index < -0.39 is 11.9 Å². The number of halogens is 3. The minimum Gasteiger partial charge on any atom is -0.345 e. The molecule has 1 fully saturated rings. The van der Waals surface area contributed by atoms with Crippen LogP contribution in [0.3, 0.4) is 0 Å². The van der Waals surface area contributed by atoms with Gasteiger partial charge in [0.25, 0.3) is 0 Å². The molecule has 1 aromatic rings. The van der Waals surface area contributed by atoms with Crippen LogP contribution in [0.2, 0.25) is 15.1 Å². The van der Waals surface area contributed by atoms with Gasteiger partial charge in [0.05, 0.1) is 21.7 Å². The van der Waals surface area contributed by atoms with E-state index in [-0.39, 0.29) is 0 Å². The molecule has 0 aromatic heterocycles. The Kier molecular flexibility index (Phi) is 4.45. The van der Waals surface area contributed by atoms with Crippen molar-refractivity contribution in [3.05, 3.63) is 39.3 Å². The first-order valence-electron chi connectivity index (χ1n) is 5.63. The SMILES string of the molecule is C=C(c1ccc(Cl)c(Cl)c1Cl)C1COC(C)(C)OO1. The zero-order chi connectivity index (χ0) is 14.2. The van der Waals surface area contributed by atoms with E-state index in [1.165, 1.54) is 0 Å². The summed E-state index contributed by atoms with van der Waals surface area (Å²) in [6.45, 7) is 7.80. The fourth-order valence-electron chi connectivity index (χ4n) is 1.61. The first kappa shape index (κ1) is 15.1. The lowest BCUT2D eigenvalue weighted by Gasteiger charge is -2.34. The number of ether oxygens (including phenoxy) is 1. The van der Waals surface area contributed by atoms with Crippen molar-refractivity contribution in [3.63, 3.8) is 0 Å². The third-order valence-electron chi connectivity index (χ3n) is 2.72. The normalized spacial score (nSPS) is 22.3. The fourth-order valence-corrected chi connectivity index (χ4v) is 2.26. The van der Waals surface area contributed by atoms with Crippen molar-refractivity contribution in [2.24, 2.45) is 0 Å². The Morgan fingerprint density at radius 2 is 1.95 bits per heavy atom. The van der Waals surface area contributed by atoms with Crippen molar-refractivity contribution in [2.45, 2.75) is 25.7 Å². The van der Waals surface area contributed by atoms with E-state index in [2.05, 4.69) is 6.58 Å². The van der Waals surface area contributed by atoms with Gasteiger partial charge in [0.15, 0.2) is 5.79 Å². The van der Waals surface area contributed by atoms with E-state index in [0.29, 0.717) is 32.8 Å². The Morgan fingerprint density at radius 3 is 2.53 bits per heavy atom. The summed E-state index contributed by atoms with van der Waals surface area (Å²) in [6, 6.07) is 3.40. The molecule has 1 atom stereocenters. The van der Waals surface area contributed by atoms with Crippen LogP contribution in [-0.4, -0.2) is 18.5 Å². The first-order valence-corrected chi connectivity index (χ1v) is 6.76. The molecule has 0 radical (unpaired) electrons. The van der Waals surface area contributed by atoms with Gasteiger partial charge in [0.2, 0.25) is 0 Å². The predicted molar refractivity (Wildman–Crippen MR) is 76.5 cm³/mol. The van der Waals surface area contributed by atoms with Gasteiger partial charge in [0, 0.05) is 5.56 Å². The average molecular weight is 324 g/mol. The fraction of sp³-hybridized carbons (Fsp3) is 0.385. The maximum Gasteiger partial charge on any atom is 0.196 e. The molecule has 1 aliphatic rings. The minimum absolute atomic E-state index is 0.292. The molecule has 1 unspecified atom stereocenters. The number of hydrogen-bond donors (Lipinski definition) is 0. The second kappa shape index (κ2) is 5.60. The highest BCUT2D eigenvalue weighted by Gasteiger charge is 2.32. The largest absolute Gasteiger partial charge is 0.345 e. The monoisotopic (exact) mass is 322 g/mol. The predicted octanol–water partition coefficient (Wildman–Crippen LogP) is 4.74. The van der Waals surface area contributed by atoms with E-state index in [4.69, 9.17) is 49.3 Å². The molecule has 0 bridgehead atoms. The van der Waals surface area contributed by atoms with Gasteiger partial charge >= 0.3 is 0 Å². The molecule has 0 spiro atoms. The quantitative estimate of drug-likeness (QED) is 0.581. The summed E-state index contributed by atoms with van der Waals surface area (Å²) in [5.41, 5.74) is 1.28. The second-order valence-electron chi connectivity index (χ2n) is 4.63. The maximum absolute atomic E-state index is 6.15. The highest BCUT2D eigenvalue weighted by atomic mass is 35.5. The molecule has 1 aliphatic heterocycles. The van der Waals surface area contributed by atoms with Crippen LogP contribution in [-0.2, 0) is 14.5 Å². The zero-order valence-corrected chi connectivity index (χ0v) is 12.8. The lowest BCUT2D eigenvalue weighted by molar-refractivity contribution is -0.467. The topological polar surface area (TPSA) is 27.7 Å². The Balaban J connectivity index is 2.20. The molecule has 19 heavy (non-hydrogen) atoms. The molecular weight excluding hydrogens is 310 g/mol. The van der Waals surface area contributed by atoms with Crippen molar-refractivity contribution in [2.75, 3.05) is 6.61 Å². The first-order chi connectivity index (χ1) is 8.82. The summed E-state index contributed by atoms with van der Waals surface area (Å²) >= 11 is 18.0. The van der Waals surface area contributed by atoms with Crippen LogP contribution in [0, 0.1) is 0 Å².